The second-order valence-corrected chi connectivity index (χ2v) is 13.0. The van der Waals surface area contributed by atoms with Gasteiger partial charge in [-0.2, -0.15) is 0 Å². The van der Waals surface area contributed by atoms with Crippen LogP contribution >= 0.6 is 0 Å². The van der Waals surface area contributed by atoms with Crippen LogP contribution < -0.4 is 15.1 Å². The first-order valence-electron chi connectivity index (χ1n) is 14.9. The van der Waals surface area contributed by atoms with Crippen LogP contribution in [0.1, 0.15) is 52.0 Å². The average Bonchev–Trinajstić information content (AvgIpc) is 3.12. The van der Waals surface area contributed by atoms with Crippen molar-refractivity contribution in [3.8, 4) is 0 Å². The molecule has 10 nitrogen and oxygen atoms in total. The number of anilines is 4. The van der Waals surface area contributed by atoms with Gasteiger partial charge in [0.1, 0.15) is 11.4 Å². The van der Waals surface area contributed by atoms with E-state index in [4.69, 9.17) is 14.2 Å². The van der Waals surface area contributed by atoms with Crippen LogP contribution in [0.5, 0.6) is 0 Å². The first-order valence-corrected chi connectivity index (χ1v) is 14.9. The molecule has 8 rings (SSSR count). The fraction of sp³-hybridized carbons (Fsp3) is 0.581. The first-order chi connectivity index (χ1) is 19.7. The smallest absolute Gasteiger partial charge is 0.410 e. The molecule has 0 saturated carbocycles. The maximum atomic E-state index is 14.5. The van der Waals surface area contributed by atoms with Gasteiger partial charge in [0.2, 0.25) is 5.91 Å². The Kier molecular flexibility index (Phi) is 6.58. The molecule has 7 heterocycles. The molecular weight excluding hydrogens is 522 g/mol. The average molecular weight is 562 g/mol. The number of carbonyl (C=O) groups is 2. The molecule has 1 aromatic heterocycles. The van der Waals surface area contributed by atoms with Crippen molar-refractivity contribution in [1.29, 1.82) is 0 Å². The predicted octanol–water partition coefficient (Wildman–Crippen LogP) is 4.45. The van der Waals surface area contributed by atoms with Gasteiger partial charge >= 0.3 is 6.09 Å². The van der Waals surface area contributed by atoms with Crippen LogP contribution in [0.2, 0.25) is 0 Å². The number of fused-ring (bicyclic) bond motifs is 7. The van der Waals surface area contributed by atoms with Crippen molar-refractivity contribution in [2.75, 3.05) is 41.5 Å². The van der Waals surface area contributed by atoms with Gasteiger partial charge in [-0.3, -0.25) is 9.69 Å². The number of pyridine rings is 1. The molecule has 0 radical (unpaired) electrons. The monoisotopic (exact) mass is 561 g/mol. The number of nitrogens with one attached hydrogen (secondary N) is 1. The van der Waals surface area contributed by atoms with Gasteiger partial charge in [0.25, 0.3) is 0 Å². The Bertz CT molecular complexity index is 1320. The number of nitrogens with zero attached hydrogens (tertiary/aromatic N) is 4. The zero-order valence-corrected chi connectivity index (χ0v) is 24.0. The van der Waals surface area contributed by atoms with E-state index in [-0.39, 0.29) is 36.1 Å². The minimum atomic E-state index is -0.583. The molecule has 6 aliphatic rings. The fourth-order valence-corrected chi connectivity index (χ4v) is 7.10. The number of morpholine rings is 2. The minimum Gasteiger partial charge on any atom is -0.444 e. The second-order valence-electron chi connectivity index (χ2n) is 13.0. The van der Waals surface area contributed by atoms with E-state index in [2.05, 4.69) is 33.4 Å². The Morgan fingerprint density at radius 2 is 1.85 bits per heavy atom. The zero-order chi connectivity index (χ0) is 28.3. The Labute approximate surface area is 240 Å². The highest BCUT2D eigenvalue weighted by atomic mass is 16.6. The van der Waals surface area contributed by atoms with Crippen molar-refractivity contribution in [3.63, 3.8) is 0 Å². The van der Waals surface area contributed by atoms with Crippen LogP contribution in [0.3, 0.4) is 0 Å². The van der Waals surface area contributed by atoms with Crippen molar-refractivity contribution < 1.29 is 23.8 Å². The van der Waals surface area contributed by atoms with Crippen LogP contribution in [0, 0.1) is 5.92 Å². The summed E-state index contributed by atoms with van der Waals surface area (Å²) in [5.74, 6) is 0.611. The molecule has 2 amide bonds. The van der Waals surface area contributed by atoms with Crippen LogP contribution in [-0.2, 0) is 25.5 Å². The molecule has 6 aliphatic heterocycles. The second kappa shape index (κ2) is 10.2. The number of amides is 2. The third kappa shape index (κ3) is 5.01. The summed E-state index contributed by atoms with van der Waals surface area (Å²) in [5, 5.41) is 3.50. The lowest BCUT2D eigenvalue weighted by molar-refractivity contribution is -0.131. The third-order valence-electron chi connectivity index (χ3n) is 9.00. The van der Waals surface area contributed by atoms with Crippen LogP contribution in [-0.4, -0.2) is 78.1 Å². The van der Waals surface area contributed by atoms with E-state index < -0.39 is 5.60 Å². The summed E-state index contributed by atoms with van der Waals surface area (Å²) in [6.07, 6.45) is 5.03. The normalized spacial score (nSPS) is 28.8. The van der Waals surface area contributed by atoms with Crippen LogP contribution in [0.4, 0.5) is 27.7 Å². The molecule has 2 aromatic rings. The van der Waals surface area contributed by atoms with Crippen molar-refractivity contribution >= 4 is 34.9 Å². The summed E-state index contributed by atoms with van der Waals surface area (Å²) >= 11 is 0. The Morgan fingerprint density at radius 3 is 2.54 bits per heavy atom. The van der Waals surface area contributed by atoms with Gasteiger partial charge in [-0.1, -0.05) is 6.07 Å². The van der Waals surface area contributed by atoms with Gasteiger partial charge in [-0.25, -0.2) is 9.78 Å². The molecule has 4 bridgehead atoms. The number of hydrogen-bond acceptors (Lipinski definition) is 8. The molecule has 5 atom stereocenters. The predicted molar refractivity (Wildman–Crippen MR) is 154 cm³/mol. The summed E-state index contributed by atoms with van der Waals surface area (Å²) < 4.78 is 17.5. The number of benzene rings is 1. The van der Waals surface area contributed by atoms with Gasteiger partial charge in [0.05, 0.1) is 62.0 Å². The maximum absolute atomic E-state index is 14.5. The molecule has 10 heteroatoms. The van der Waals surface area contributed by atoms with E-state index in [1.807, 2.05) is 42.7 Å². The largest absolute Gasteiger partial charge is 0.444 e. The van der Waals surface area contributed by atoms with Crippen molar-refractivity contribution in [1.82, 2.24) is 9.88 Å². The van der Waals surface area contributed by atoms with E-state index in [0.717, 1.165) is 54.4 Å². The molecule has 5 fully saturated rings. The molecule has 1 N–H and O–H groups in total. The van der Waals surface area contributed by atoms with Gasteiger partial charge in [0, 0.05) is 29.9 Å². The summed E-state index contributed by atoms with van der Waals surface area (Å²) in [4.78, 5) is 38.4. The fourth-order valence-electron chi connectivity index (χ4n) is 7.10. The third-order valence-corrected chi connectivity index (χ3v) is 9.00. The SMILES string of the molecule is CC(C)(C)OC(=O)N1[C@@H]2COC[C@H]1CC(C(=O)N1Cc3cccnc3Nc3ccc(N4CC5CCC4CO5)cc31)C2. The lowest BCUT2D eigenvalue weighted by Crippen LogP contribution is -2.61. The Balaban J connectivity index is 1.19. The van der Waals surface area contributed by atoms with Gasteiger partial charge in [-0.15, -0.1) is 0 Å². The summed E-state index contributed by atoms with van der Waals surface area (Å²) in [5.41, 5.74) is 3.24. The van der Waals surface area contributed by atoms with Crippen LogP contribution in [0.25, 0.3) is 0 Å². The molecule has 218 valence electrons. The minimum absolute atomic E-state index is 0.0751. The Hall–Kier alpha value is -3.37. The van der Waals surface area contributed by atoms with Crippen molar-refractivity contribution in [3.05, 3.63) is 42.1 Å². The number of ether oxygens (including phenoxy) is 3. The Morgan fingerprint density at radius 1 is 1.05 bits per heavy atom. The number of carbonyl (C=O) groups excluding carboxylic acids is 2. The van der Waals surface area contributed by atoms with E-state index in [0.29, 0.717) is 38.6 Å². The summed E-state index contributed by atoms with van der Waals surface area (Å²) in [6.45, 7) is 8.50. The highest BCUT2D eigenvalue weighted by molar-refractivity contribution is 6.00. The van der Waals surface area contributed by atoms with E-state index in [1.54, 1.807) is 6.20 Å². The van der Waals surface area contributed by atoms with Crippen molar-refractivity contribution in [2.45, 2.75) is 82.8 Å². The maximum Gasteiger partial charge on any atom is 0.410 e. The summed E-state index contributed by atoms with van der Waals surface area (Å²) in [6, 6.07) is 10.3. The number of piperidine rings is 2. The molecule has 0 spiro atoms. The molecule has 3 unspecified atom stereocenters. The van der Waals surface area contributed by atoms with E-state index in [9.17, 15) is 9.59 Å². The van der Waals surface area contributed by atoms with E-state index in [1.165, 1.54) is 0 Å². The zero-order valence-electron chi connectivity index (χ0n) is 24.0. The molecule has 5 saturated heterocycles. The quantitative estimate of drug-likeness (QED) is 0.575. The van der Waals surface area contributed by atoms with E-state index >= 15 is 0 Å². The molecule has 0 aliphatic carbocycles. The molecule has 41 heavy (non-hydrogen) atoms. The molecular formula is C31H39N5O5. The standard InChI is InChI=1S/C31H39N5O5/c1-31(2,3)41-30(38)36-23-11-20(12-24(36)17-39-16-23)29(37)35-14-19-5-4-10-32-28(19)33-26-9-7-21(13-27(26)35)34-15-25-8-6-22(34)18-40-25/h4-5,7,9-10,13,20,22-25H,6,8,11-12,14-18H2,1-3H3,(H,32,33)/t20?,22?,23-,24+,25?. The van der Waals surface area contributed by atoms with Gasteiger partial charge in [-0.05, 0) is 70.7 Å². The first kappa shape index (κ1) is 26.5. The lowest BCUT2D eigenvalue weighted by atomic mass is 9.84. The highest BCUT2D eigenvalue weighted by Gasteiger charge is 2.46. The van der Waals surface area contributed by atoms with Gasteiger partial charge in [0.15, 0.2) is 0 Å². The number of aromatic nitrogens is 1. The van der Waals surface area contributed by atoms with Crippen LogP contribution in [0.15, 0.2) is 36.5 Å². The number of hydrogen-bond donors (Lipinski definition) is 1. The number of rotatable bonds is 2. The van der Waals surface area contributed by atoms with Gasteiger partial charge < -0.3 is 29.3 Å². The highest BCUT2D eigenvalue weighted by Crippen LogP contribution is 2.42. The van der Waals surface area contributed by atoms with Crippen molar-refractivity contribution in [2.24, 2.45) is 5.92 Å². The summed E-state index contributed by atoms with van der Waals surface area (Å²) in [7, 11) is 0. The molecule has 1 aromatic carbocycles. The lowest BCUT2D eigenvalue weighted by Gasteiger charge is -2.48. The topological polar surface area (TPSA) is 96.5 Å².